The Morgan fingerprint density at radius 3 is 1.74 bits per heavy atom. The van der Waals surface area contributed by atoms with E-state index in [9.17, 15) is 0 Å². The molecule has 3 nitrogen and oxygen atoms in total. The molecule has 0 spiro atoms. The molecule has 1 aliphatic rings. The normalized spacial score (nSPS) is 12.9. The van der Waals surface area contributed by atoms with E-state index in [-0.39, 0.29) is 0 Å². The molecule has 0 bridgehead atoms. The van der Waals surface area contributed by atoms with Crippen LogP contribution in [0.4, 0.5) is 5.69 Å². The van der Waals surface area contributed by atoms with E-state index in [0.29, 0.717) is 0 Å². The molecule has 0 aliphatic carbocycles. The minimum absolute atomic E-state index is 0.854. The molecule has 6 aromatic carbocycles. The Labute approximate surface area is 224 Å². The van der Waals surface area contributed by atoms with E-state index in [1.54, 1.807) is 0 Å². The van der Waals surface area contributed by atoms with Gasteiger partial charge in [0.05, 0.1) is 33.4 Å². The maximum Gasteiger partial charge on any atom is 0.0682 e. The van der Waals surface area contributed by atoms with Gasteiger partial charge in [0, 0.05) is 56.2 Å². The number of nitrogens with zero attached hydrogens (tertiary/aromatic N) is 3. The lowest BCUT2D eigenvalue weighted by atomic mass is 9.99. The van der Waals surface area contributed by atoms with E-state index < -0.39 is 0 Å². The van der Waals surface area contributed by atoms with Crippen LogP contribution < -0.4 is 0 Å². The van der Waals surface area contributed by atoms with Crippen LogP contribution in [0.15, 0.2) is 126 Å². The van der Waals surface area contributed by atoms with Crippen molar-refractivity contribution in [3.05, 3.63) is 127 Å². The zero-order chi connectivity index (χ0) is 25.5. The van der Waals surface area contributed by atoms with Crippen LogP contribution in [0.5, 0.6) is 0 Å². The van der Waals surface area contributed by atoms with Gasteiger partial charge in [0.15, 0.2) is 0 Å². The Morgan fingerprint density at radius 1 is 0.487 bits per heavy atom. The fourth-order valence-corrected chi connectivity index (χ4v) is 6.83. The highest BCUT2D eigenvalue weighted by molar-refractivity contribution is 6.37. The van der Waals surface area contributed by atoms with E-state index in [4.69, 9.17) is 0 Å². The van der Waals surface area contributed by atoms with Crippen molar-refractivity contribution in [3.63, 3.8) is 0 Å². The lowest BCUT2D eigenvalue weighted by Crippen LogP contribution is -1.99. The van der Waals surface area contributed by atoms with Crippen LogP contribution in [0.25, 0.3) is 65.8 Å². The summed E-state index contributed by atoms with van der Waals surface area (Å²) in [7, 11) is 0. The smallest absolute Gasteiger partial charge is 0.0682 e. The summed E-state index contributed by atoms with van der Waals surface area (Å²) in [4.78, 5) is 4.68. The van der Waals surface area contributed by atoms with Gasteiger partial charge in [-0.25, -0.2) is 0 Å². The van der Waals surface area contributed by atoms with E-state index in [1.165, 1.54) is 71.3 Å². The average molecular weight is 498 g/mol. The van der Waals surface area contributed by atoms with Gasteiger partial charge in [-0.15, -0.1) is 0 Å². The van der Waals surface area contributed by atoms with Gasteiger partial charge < -0.3 is 9.13 Å². The molecule has 0 unspecified atom stereocenters. The van der Waals surface area contributed by atoms with Crippen molar-refractivity contribution in [2.24, 2.45) is 4.99 Å². The van der Waals surface area contributed by atoms with Crippen LogP contribution in [-0.4, -0.2) is 15.3 Å². The van der Waals surface area contributed by atoms with Gasteiger partial charge in [-0.1, -0.05) is 84.9 Å². The summed E-state index contributed by atoms with van der Waals surface area (Å²) in [6.45, 7) is 0. The van der Waals surface area contributed by atoms with Gasteiger partial charge in [0.1, 0.15) is 0 Å². The second kappa shape index (κ2) is 7.68. The van der Waals surface area contributed by atoms with Gasteiger partial charge in [0.2, 0.25) is 0 Å². The molecule has 2 aromatic heterocycles. The van der Waals surface area contributed by atoms with Crippen LogP contribution in [0.3, 0.4) is 0 Å². The van der Waals surface area contributed by atoms with Crippen molar-refractivity contribution >= 4 is 66.3 Å². The van der Waals surface area contributed by atoms with Crippen molar-refractivity contribution in [1.29, 1.82) is 0 Å². The van der Waals surface area contributed by atoms with Gasteiger partial charge in [-0.2, -0.15) is 0 Å². The van der Waals surface area contributed by atoms with Gasteiger partial charge in [-0.05, 0) is 36.4 Å². The largest absolute Gasteiger partial charge is 0.309 e. The third-order valence-corrected chi connectivity index (χ3v) is 8.34. The molecule has 39 heavy (non-hydrogen) atoms. The molecule has 3 heteroatoms. The molecule has 0 saturated heterocycles. The van der Waals surface area contributed by atoms with Crippen molar-refractivity contribution in [1.82, 2.24) is 9.13 Å². The van der Waals surface area contributed by atoms with Crippen LogP contribution >= 0.6 is 0 Å². The molecule has 3 heterocycles. The van der Waals surface area contributed by atoms with Crippen LogP contribution in [0, 0.1) is 0 Å². The first-order valence-corrected chi connectivity index (χ1v) is 13.5. The fraction of sp³-hybridized carbons (Fsp3) is 0.0278. The lowest BCUT2D eigenvalue weighted by Gasteiger charge is -2.15. The highest BCUT2D eigenvalue weighted by Crippen LogP contribution is 2.47. The van der Waals surface area contributed by atoms with E-state index in [0.717, 1.165) is 12.1 Å². The van der Waals surface area contributed by atoms with E-state index in [2.05, 4.69) is 135 Å². The molecule has 1 aliphatic heterocycles. The second-order valence-electron chi connectivity index (χ2n) is 10.3. The van der Waals surface area contributed by atoms with Crippen molar-refractivity contribution in [2.75, 3.05) is 0 Å². The first-order chi connectivity index (χ1) is 19.4. The first-order valence-electron chi connectivity index (χ1n) is 13.5. The van der Waals surface area contributed by atoms with Crippen molar-refractivity contribution < 1.29 is 0 Å². The Balaban J connectivity index is 1.61. The van der Waals surface area contributed by atoms with E-state index >= 15 is 0 Å². The first kappa shape index (κ1) is 20.9. The molecule has 8 aromatic rings. The minimum atomic E-state index is 0.854. The average Bonchev–Trinajstić information content (AvgIpc) is 3.70. The number of para-hydroxylation sites is 3. The minimum Gasteiger partial charge on any atom is -0.309 e. The number of hydrogen-bond acceptors (Lipinski definition) is 1. The zero-order valence-corrected chi connectivity index (χ0v) is 21.2. The molecule has 0 amide bonds. The number of fused-ring (bicyclic) bond motifs is 11. The molecular weight excluding hydrogens is 474 g/mol. The summed E-state index contributed by atoms with van der Waals surface area (Å²) in [6, 6.07) is 43.9. The monoisotopic (exact) mass is 497 g/mol. The second-order valence-corrected chi connectivity index (χ2v) is 10.3. The summed E-state index contributed by atoms with van der Waals surface area (Å²) >= 11 is 0. The maximum atomic E-state index is 4.68. The number of hydrogen-bond donors (Lipinski definition) is 0. The van der Waals surface area contributed by atoms with Gasteiger partial charge in [0.25, 0.3) is 0 Å². The molecular formula is C36H23N3. The third-order valence-electron chi connectivity index (χ3n) is 8.34. The summed E-state index contributed by atoms with van der Waals surface area (Å²) < 4.78 is 4.95. The molecule has 182 valence electrons. The molecule has 0 atom stereocenters. The Bertz CT molecular complexity index is 2300. The lowest BCUT2D eigenvalue weighted by molar-refractivity contribution is 1.15. The summed E-state index contributed by atoms with van der Waals surface area (Å²) in [6.07, 6.45) is 2.89. The highest BCUT2D eigenvalue weighted by atomic mass is 15.0. The summed E-state index contributed by atoms with van der Waals surface area (Å²) in [5.41, 5.74) is 9.72. The maximum absolute atomic E-state index is 4.68. The van der Waals surface area contributed by atoms with Crippen LogP contribution in [0.1, 0.15) is 5.56 Å². The SMILES string of the molecule is C1=Nc2cccc(-n3c4ccccc4c4c5c6ccccc6n(-c6ccccc6)c5c5ccccc5c43)c2C1. The van der Waals surface area contributed by atoms with E-state index in [1.807, 2.05) is 6.21 Å². The van der Waals surface area contributed by atoms with Crippen molar-refractivity contribution in [2.45, 2.75) is 6.42 Å². The molecule has 0 fully saturated rings. The van der Waals surface area contributed by atoms with Crippen LogP contribution in [0.2, 0.25) is 0 Å². The van der Waals surface area contributed by atoms with Crippen molar-refractivity contribution in [3.8, 4) is 11.4 Å². The molecule has 0 N–H and O–H groups in total. The molecule has 0 saturated carbocycles. The fourth-order valence-electron chi connectivity index (χ4n) is 6.83. The topological polar surface area (TPSA) is 22.2 Å². The number of aliphatic imine (C=N–C) groups is 1. The summed E-state index contributed by atoms with van der Waals surface area (Å²) in [5.74, 6) is 0. The van der Waals surface area contributed by atoms with Crippen LogP contribution in [-0.2, 0) is 6.42 Å². The predicted octanol–water partition coefficient (Wildman–Crippen LogP) is 9.29. The standard InChI is InChI=1S/C36H23N3/c1-2-11-23(12-3-1)38-31-18-8-6-15-27(31)33-34-28-16-7-9-19-32(28)39(30-20-10-17-29-26(30)21-22-37-29)36(34)25-14-5-4-13-24(25)35(33)38/h1-20,22H,21H2. The Hall–Kier alpha value is -5.15. The zero-order valence-electron chi connectivity index (χ0n) is 21.2. The van der Waals surface area contributed by atoms with Gasteiger partial charge in [-0.3, -0.25) is 4.99 Å². The Kier molecular flexibility index (Phi) is 4.11. The number of aromatic nitrogens is 2. The molecule has 0 radical (unpaired) electrons. The quantitative estimate of drug-likeness (QED) is 0.227. The number of rotatable bonds is 2. The highest BCUT2D eigenvalue weighted by Gasteiger charge is 2.25. The predicted molar refractivity (Wildman–Crippen MR) is 164 cm³/mol. The van der Waals surface area contributed by atoms with Gasteiger partial charge >= 0.3 is 0 Å². The Morgan fingerprint density at radius 2 is 1.05 bits per heavy atom. The number of benzene rings is 6. The third kappa shape index (κ3) is 2.69. The molecule has 9 rings (SSSR count). The summed E-state index contributed by atoms with van der Waals surface area (Å²) in [5, 5.41) is 7.68.